The van der Waals surface area contributed by atoms with Crippen molar-refractivity contribution >= 4 is 17.7 Å². The van der Waals surface area contributed by atoms with Crippen molar-refractivity contribution in [3.05, 3.63) is 107 Å². The van der Waals surface area contributed by atoms with E-state index in [1.807, 2.05) is 36.7 Å². The molecule has 0 fully saturated rings. The van der Waals surface area contributed by atoms with Gasteiger partial charge in [0.05, 0.1) is 6.04 Å². The van der Waals surface area contributed by atoms with Gasteiger partial charge in [-0.1, -0.05) is 66.2 Å². The van der Waals surface area contributed by atoms with Crippen molar-refractivity contribution in [1.29, 1.82) is 0 Å². The molecule has 0 saturated heterocycles. The minimum absolute atomic E-state index is 0.151. The molecule has 1 aromatic heterocycles. The molecule has 2 heterocycles. The number of halogens is 1. The summed E-state index contributed by atoms with van der Waals surface area (Å²) in [6.07, 6.45) is 11.1. The summed E-state index contributed by atoms with van der Waals surface area (Å²) < 4.78 is 0. The lowest BCUT2D eigenvalue weighted by atomic mass is 9.93. The van der Waals surface area contributed by atoms with Crippen molar-refractivity contribution in [3.63, 3.8) is 0 Å². The molecule has 4 rings (SSSR count). The van der Waals surface area contributed by atoms with E-state index in [0.717, 1.165) is 22.6 Å². The fraction of sp³-hybridized carbons (Fsp3) is 0.0870. The highest BCUT2D eigenvalue weighted by Crippen LogP contribution is 2.31. The zero-order valence-corrected chi connectivity index (χ0v) is 15.0. The Kier molecular flexibility index (Phi) is 4.85. The van der Waals surface area contributed by atoms with Gasteiger partial charge in [-0.25, -0.2) is 0 Å². The summed E-state index contributed by atoms with van der Waals surface area (Å²) in [5.74, 6) is 0. The van der Waals surface area contributed by atoms with Crippen LogP contribution in [0, 0.1) is 0 Å². The molecule has 128 valence electrons. The third-order valence-corrected chi connectivity index (χ3v) is 4.88. The molecule has 2 nitrogen and oxygen atoms in total. The molecule has 26 heavy (non-hydrogen) atoms. The zero-order valence-electron chi connectivity index (χ0n) is 14.3. The molecule has 3 aromatic rings. The van der Waals surface area contributed by atoms with Crippen LogP contribution in [0.5, 0.6) is 0 Å². The highest BCUT2D eigenvalue weighted by Gasteiger charge is 2.17. The van der Waals surface area contributed by atoms with Gasteiger partial charge in [-0.15, -0.1) is 0 Å². The lowest BCUT2D eigenvalue weighted by molar-refractivity contribution is 0.676. The molecule has 0 spiro atoms. The lowest BCUT2D eigenvalue weighted by Crippen LogP contribution is -2.20. The average molecular weight is 359 g/mol. The molecule has 2 aromatic carbocycles. The first kappa shape index (κ1) is 16.6. The number of aromatic nitrogens is 1. The Morgan fingerprint density at radius 1 is 1.04 bits per heavy atom. The molecular weight excluding hydrogens is 340 g/mol. The first-order valence-corrected chi connectivity index (χ1v) is 9.05. The van der Waals surface area contributed by atoms with Gasteiger partial charge in [0.25, 0.3) is 0 Å². The van der Waals surface area contributed by atoms with Gasteiger partial charge >= 0.3 is 0 Å². The summed E-state index contributed by atoms with van der Waals surface area (Å²) in [5, 5.41) is 4.22. The van der Waals surface area contributed by atoms with Crippen molar-refractivity contribution in [2.75, 3.05) is 0 Å². The Hall–Kier alpha value is -2.84. The maximum Gasteiger partial charge on any atom is 0.0743 e. The first-order chi connectivity index (χ1) is 12.8. The van der Waals surface area contributed by atoms with Crippen LogP contribution in [0.4, 0.5) is 0 Å². The standard InChI is InChI=1S/C23H19ClN2/c24-22-11-2-1-10-21(22)18-7-3-6-17(14-18)15-19-8-5-13-26-23(19)20-9-4-12-25-16-20/h1-7,9-16,23,26H,8H2. The first-order valence-electron chi connectivity index (χ1n) is 8.68. The van der Waals surface area contributed by atoms with Gasteiger partial charge in [0.1, 0.15) is 0 Å². The van der Waals surface area contributed by atoms with Gasteiger partial charge in [0.2, 0.25) is 0 Å². The van der Waals surface area contributed by atoms with Crippen molar-refractivity contribution in [3.8, 4) is 11.1 Å². The molecule has 1 aliphatic rings. The van der Waals surface area contributed by atoms with E-state index in [-0.39, 0.29) is 6.04 Å². The molecule has 0 radical (unpaired) electrons. The van der Waals surface area contributed by atoms with Gasteiger partial charge in [0, 0.05) is 23.0 Å². The normalized spacial score (nSPS) is 17.9. The predicted molar refractivity (Wildman–Crippen MR) is 109 cm³/mol. The van der Waals surface area contributed by atoms with E-state index >= 15 is 0 Å². The molecular formula is C23H19ClN2. The van der Waals surface area contributed by atoms with Crippen LogP contribution in [0.25, 0.3) is 17.2 Å². The number of rotatable bonds is 3. The monoisotopic (exact) mass is 358 g/mol. The minimum atomic E-state index is 0.151. The highest BCUT2D eigenvalue weighted by molar-refractivity contribution is 6.33. The summed E-state index contributed by atoms with van der Waals surface area (Å²) >= 11 is 6.36. The van der Waals surface area contributed by atoms with Gasteiger partial charge in [-0.05, 0) is 53.1 Å². The average Bonchev–Trinajstić information content (AvgIpc) is 2.70. The van der Waals surface area contributed by atoms with Crippen molar-refractivity contribution in [1.82, 2.24) is 10.3 Å². The Morgan fingerprint density at radius 3 is 2.81 bits per heavy atom. The summed E-state index contributed by atoms with van der Waals surface area (Å²) in [7, 11) is 0. The number of benzene rings is 2. The second kappa shape index (κ2) is 7.59. The highest BCUT2D eigenvalue weighted by atomic mass is 35.5. The van der Waals surface area contributed by atoms with Crippen LogP contribution >= 0.6 is 11.6 Å². The Morgan fingerprint density at radius 2 is 1.96 bits per heavy atom. The van der Waals surface area contributed by atoms with Crippen LogP contribution in [0.2, 0.25) is 5.02 Å². The van der Waals surface area contributed by atoms with E-state index in [9.17, 15) is 0 Å². The van der Waals surface area contributed by atoms with Gasteiger partial charge in [0.15, 0.2) is 0 Å². The summed E-state index contributed by atoms with van der Waals surface area (Å²) in [4.78, 5) is 4.26. The van der Waals surface area contributed by atoms with Crippen LogP contribution in [0.15, 0.2) is 90.9 Å². The molecule has 1 N–H and O–H groups in total. The maximum atomic E-state index is 6.36. The molecule has 0 saturated carbocycles. The van der Waals surface area contributed by atoms with Crippen molar-refractivity contribution in [2.45, 2.75) is 12.5 Å². The SMILES string of the molecule is Clc1ccccc1-c1cccc(C=C2CC=CNC2c2cccnc2)c1. The molecule has 0 amide bonds. The second-order valence-electron chi connectivity index (χ2n) is 6.32. The van der Waals surface area contributed by atoms with Crippen molar-refractivity contribution in [2.24, 2.45) is 0 Å². The van der Waals surface area contributed by atoms with E-state index in [4.69, 9.17) is 11.6 Å². The van der Waals surface area contributed by atoms with Crippen molar-refractivity contribution < 1.29 is 0 Å². The summed E-state index contributed by atoms with van der Waals surface area (Å²) in [6.45, 7) is 0. The second-order valence-corrected chi connectivity index (χ2v) is 6.72. The van der Waals surface area contributed by atoms with Gasteiger partial charge < -0.3 is 5.32 Å². The van der Waals surface area contributed by atoms with Crippen LogP contribution < -0.4 is 5.32 Å². The predicted octanol–water partition coefficient (Wildman–Crippen LogP) is 6.03. The van der Waals surface area contributed by atoms with E-state index in [2.05, 4.69) is 58.9 Å². The zero-order chi connectivity index (χ0) is 17.8. The molecule has 1 atom stereocenters. The lowest BCUT2D eigenvalue weighted by Gasteiger charge is -2.24. The van der Waals surface area contributed by atoms with E-state index in [0.29, 0.717) is 0 Å². The molecule has 1 aliphatic heterocycles. The maximum absolute atomic E-state index is 6.36. The van der Waals surface area contributed by atoms with Gasteiger partial charge in [-0.2, -0.15) is 0 Å². The summed E-state index contributed by atoms with van der Waals surface area (Å²) in [6, 6.07) is 20.7. The smallest absolute Gasteiger partial charge is 0.0743 e. The van der Waals surface area contributed by atoms with Crippen LogP contribution in [-0.4, -0.2) is 4.98 Å². The largest absolute Gasteiger partial charge is 0.381 e. The molecule has 0 aliphatic carbocycles. The molecule has 3 heteroatoms. The fourth-order valence-corrected chi connectivity index (χ4v) is 3.53. The summed E-state index contributed by atoms with van der Waals surface area (Å²) in [5.41, 5.74) is 5.84. The number of hydrogen-bond donors (Lipinski definition) is 1. The van der Waals surface area contributed by atoms with E-state index < -0.39 is 0 Å². The minimum Gasteiger partial charge on any atom is -0.381 e. The van der Waals surface area contributed by atoms with Gasteiger partial charge in [-0.3, -0.25) is 4.98 Å². The number of allylic oxidation sites excluding steroid dienone is 1. The molecule has 0 bridgehead atoms. The van der Waals surface area contributed by atoms with E-state index in [1.54, 1.807) is 6.20 Å². The molecule has 1 unspecified atom stereocenters. The third kappa shape index (κ3) is 3.56. The Bertz CT molecular complexity index is 961. The number of hydrogen-bond acceptors (Lipinski definition) is 2. The van der Waals surface area contributed by atoms with Crippen LogP contribution in [0.1, 0.15) is 23.6 Å². The van der Waals surface area contributed by atoms with Crippen LogP contribution in [-0.2, 0) is 0 Å². The van der Waals surface area contributed by atoms with Crippen LogP contribution in [0.3, 0.4) is 0 Å². The number of nitrogens with one attached hydrogen (secondary N) is 1. The quantitative estimate of drug-likeness (QED) is 0.618. The van der Waals surface area contributed by atoms with E-state index in [1.165, 1.54) is 16.7 Å². The third-order valence-electron chi connectivity index (χ3n) is 4.55. The topological polar surface area (TPSA) is 24.9 Å². The number of nitrogens with zero attached hydrogens (tertiary/aromatic N) is 1. The Balaban J connectivity index is 1.70. The fourth-order valence-electron chi connectivity index (χ4n) is 3.29. The number of pyridine rings is 1. The Labute approximate surface area is 158 Å².